The van der Waals surface area contributed by atoms with Crippen LogP contribution in [0.1, 0.15) is 41.0 Å². The number of esters is 1. The van der Waals surface area contributed by atoms with Gasteiger partial charge in [0.2, 0.25) is 0 Å². The maximum Gasteiger partial charge on any atom is 0.407 e. The van der Waals surface area contributed by atoms with Gasteiger partial charge in [-0.05, 0) is 41.0 Å². The van der Waals surface area contributed by atoms with E-state index in [1.54, 1.807) is 40.7 Å². The molecule has 2 aliphatic rings. The number of carbonyl (C=O) groups is 2. The third-order valence-electron chi connectivity index (χ3n) is 4.84. The van der Waals surface area contributed by atoms with Gasteiger partial charge in [-0.15, -0.1) is 6.58 Å². The van der Waals surface area contributed by atoms with Crippen LogP contribution in [0.3, 0.4) is 0 Å². The van der Waals surface area contributed by atoms with E-state index in [-0.39, 0.29) is 13.0 Å². The topological polar surface area (TPSA) is 102 Å². The molecule has 1 amide bonds. The highest BCUT2D eigenvalue weighted by Gasteiger charge is 2.58. The molecule has 9 heteroatoms. The molecular weight excluding hydrogens is 406 g/mol. The Bertz CT molecular complexity index is 671. The predicted molar refractivity (Wildman–Crippen MR) is 112 cm³/mol. The van der Waals surface area contributed by atoms with Crippen LogP contribution in [0, 0.1) is 5.92 Å². The van der Waals surface area contributed by atoms with E-state index in [0.717, 1.165) is 0 Å². The molecule has 2 saturated heterocycles. The number of amides is 1. The Hall–Kier alpha value is -1.94. The predicted octanol–water partition coefficient (Wildman–Crippen LogP) is 2.69. The minimum Gasteiger partial charge on any atom is -0.461 e. The summed E-state index contributed by atoms with van der Waals surface area (Å²) < 4.78 is 34.2. The van der Waals surface area contributed by atoms with Crippen molar-refractivity contribution in [2.24, 2.45) is 5.92 Å². The molecule has 2 rings (SSSR count). The summed E-state index contributed by atoms with van der Waals surface area (Å²) in [5.74, 6) is -2.17. The lowest BCUT2D eigenvalue weighted by Crippen LogP contribution is -2.56. The summed E-state index contributed by atoms with van der Waals surface area (Å²) in [6.45, 7) is 16.1. The molecule has 9 nitrogen and oxygen atoms in total. The Morgan fingerprint density at radius 2 is 1.87 bits per heavy atom. The van der Waals surface area contributed by atoms with E-state index in [9.17, 15) is 9.59 Å². The first-order chi connectivity index (χ1) is 14.4. The van der Waals surface area contributed by atoms with Gasteiger partial charge < -0.3 is 33.7 Å². The summed E-state index contributed by atoms with van der Waals surface area (Å²) in [6, 6.07) is -0.851. The molecule has 0 unspecified atom stereocenters. The average Bonchev–Trinajstić information content (AvgIpc) is 3.12. The number of hydrogen-bond donors (Lipinski definition) is 1. The van der Waals surface area contributed by atoms with Gasteiger partial charge in [-0.2, -0.15) is 0 Å². The lowest BCUT2D eigenvalue weighted by molar-refractivity contribution is -0.222. The van der Waals surface area contributed by atoms with Gasteiger partial charge in [-0.25, -0.2) is 4.79 Å². The molecule has 1 N–H and O–H groups in total. The van der Waals surface area contributed by atoms with Crippen LogP contribution < -0.4 is 5.32 Å². The zero-order chi connectivity index (χ0) is 23.4. The maximum atomic E-state index is 12.8. The second-order valence-corrected chi connectivity index (χ2v) is 8.99. The number of alkyl carbamates (subject to hydrolysis) is 1. The summed E-state index contributed by atoms with van der Waals surface area (Å²) >= 11 is 0. The summed E-state index contributed by atoms with van der Waals surface area (Å²) in [7, 11) is 1.52. The van der Waals surface area contributed by atoms with Gasteiger partial charge in [0, 0.05) is 7.11 Å². The van der Waals surface area contributed by atoms with Crippen molar-refractivity contribution in [3.05, 3.63) is 25.3 Å². The lowest BCUT2D eigenvalue weighted by atomic mass is 9.89. The molecule has 0 saturated carbocycles. The van der Waals surface area contributed by atoms with E-state index in [1.165, 1.54) is 13.2 Å². The molecule has 0 aliphatic carbocycles. The largest absolute Gasteiger partial charge is 0.461 e. The Kier molecular flexibility index (Phi) is 8.27. The molecule has 0 spiro atoms. The molecule has 6 atom stereocenters. The number of fused-ring (bicyclic) bond motifs is 1. The van der Waals surface area contributed by atoms with Gasteiger partial charge in [-0.3, -0.25) is 4.79 Å². The van der Waals surface area contributed by atoms with Gasteiger partial charge in [-0.1, -0.05) is 18.7 Å². The highest BCUT2D eigenvalue weighted by molar-refractivity contribution is 5.76. The van der Waals surface area contributed by atoms with Gasteiger partial charge in [0.1, 0.15) is 30.5 Å². The van der Waals surface area contributed by atoms with Crippen LogP contribution in [0.5, 0.6) is 0 Å². The van der Waals surface area contributed by atoms with Crippen molar-refractivity contribution < 1.29 is 38.0 Å². The fourth-order valence-corrected chi connectivity index (χ4v) is 3.73. The lowest BCUT2D eigenvalue weighted by Gasteiger charge is -2.34. The first-order valence-corrected chi connectivity index (χ1v) is 10.3. The van der Waals surface area contributed by atoms with Crippen LogP contribution in [0.2, 0.25) is 0 Å². The number of nitrogens with one attached hydrogen (secondary N) is 1. The highest BCUT2D eigenvalue weighted by atomic mass is 16.8. The van der Waals surface area contributed by atoms with Crippen LogP contribution in [0.15, 0.2) is 25.3 Å². The third kappa shape index (κ3) is 6.52. The zero-order valence-electron chi connectivity index (χ0n) is 19.2. The van der Waals surface area contributed by atoms with E-state index in [4.69, 9.17) is 28.4 Å². The van der Waals surface area contributed by atoms with Crippen molar-refractivity contribution in [3.8, 4) is 0 Å². The molecule has 0 aromatic carbocycles. The maximum absolute atomic E-state index is 12.8. The number of methoxy groups -OCH3 is 1. The molecule has 31 heavy (non-hydrogen) atoms. The Morgan fingerprint density at radius 1 is 1.19 bits per heavy atom. The van der Waals surface area contributed by atoms with E-state index in [0.29, 0.717) is 0 Å². The molecule has 2 fully saturated rings. The Labute approximate surface area is 184 Å². The second-order valence-electron chi connectivity index (χ2n) is 8.99. The number of rotatable bonds is 9. The molecular formula is C22H35NO8. The smallest absolute Gasteiger partial charge is 0.407 e. The Balaban J connectivity index is 2.33. The minimum absolute atomic E-state index is 0.0382. The second kappa shape index (κ2) is 10.1. The zero-order valence-corrected chi connectivity index (χ0v) is 19.2. The minimum atomic E-state index is -0.851. The number of allylic oxidation sites excluding steroid dienone is 1. The average molecular weight is 442 g/mol. The summed E-state index contributed by atoms with van der Waals surface area (Å²) in [6.07, 6.45) is -0.0101. The van der Waals surface area contributed by atoms with E-state index >= 15 is 0 Å². The van der Waals surface area contributed by atoms with Gasteiger partial charge in [0.05, 0.1) is 12.0 Å². The van der Waals surface area contributed by atoms with Crippen LogP contribution in [-0.4, -0.2) is 67.8 Å². The summed E-state index contributed by atoms with van der Waals surface area (Å²) in [5, 5.41) is 2.78. The number of carbonyl (C=O) groups excluding carboxylic acids is 2. The van der Waals surface area contributed by atoms with Crippen molar-refractivity contribution in [3.63, 3.8) is 0 Å². The van der Waals surface area contributed by atoms with E-state index in [1.807, 2.05) is 0 Å². The number of hydrogen-bond acceptors (Lipinski definition) is 8. The van der Waals surface area contributed by atoms with Crippen LogP contribution in [-0.2, 0) is 33.2 Å². The van der Waals surface area contributed by atoms with E-state index < -0.39 is 60.0 Å². The van der Waals surface area contributed by atoms with Crippen LogP contribution in [0.4, 0.5) is 4.79 Å². The molecule has 0 bridgehead atoms. The standard InChI is InChI=1S/C22H35NO8/c1-9-11-13(18(24)27-12-10-2)14(23-20(25)31-21(3,4)5)15-16(26-8)17-19(28-15)30-22(6,7)29-17/h9-10,13-17,19H,1-2,11-12H2,3-8H3,(H,23,25)/t13-,14-,15+,16-,17+,19+/m0/s1. The first-order valence-electron chi connectivity index (χ1n) is 10.3. The van der Waals surface area contributed by atoms with Crippen LogP contribution >= 0.6 is 0 Å². The van der Waals surface area contributed by atoms with Crippen molar-refractivity contribution in [2.75, 3.05) is 13.7 Å². The fraction of sp³-hybridized carbons (Fsp3) is 0.727. The van der Waals surface area contributed by atoms with Crippen molar-refractivity contribution in [1.82, 2.24) is 5.32 Å². The van der Waals surface area contributed by atoms with Crippen molar-refractivity contribution in [1.29, 1.82) is 0 Å². The number of ether oxygens (including phenoxy) is 6. The van der Waals surface area contributed by atoms with Gasteiger partial charge in [0.25, 0.3) is 0 Å². The van der Waals surface area contributed by atoms with Gasteiger partial charge >= 0.3 is 12.1 Å². The quantitative estimate of drug-likeness (QED) is 0.430. The SMILES string of the molecule is C=CCOC(=O)[C@@H](CC=C)[C@H](NC(=O)OC(C)(C)C)[C@H]1O[C@@H]2OC(C)(C)O[C@@H]2[C@H]1OC. The molecule has 0 aromatic heterocycles. The third-order valence-corrected chi connectivity index (χ3v) is 4.84. The van der Waals surface area contributed by atoms with Crippen molar-refractivity contribution >= 4 is 12.1 Å². The highest BCUT2D eigenvalue weighted by Crippen LogP contribution is 2.40. The molecule has 0 aromatic rings. The Morgan fingerprint density at radius 3 is 2.42 bits per heavy atom. The summed E-state index contributed by atoms with van der Waals surface area (Å²) in [5.41, 5.74) is -0.726. The molecule has 0 radical (unpaired) electrons. The normalized spacial score (nSPS) is 28.8. The first kappa shape index (κ1) is 25.3. The van der Waals surface area contributed by atoms with Crippen molar-refractivity contribution in [2.45, 2.75) is 83.1 Å². The van der Waals surface area contributed by atoms with Gasteiger partial charge in [0.15, 0.2) is 12.1 Å². The fourth-order valence-electron chi connectivity index (χ4n) is 3.73. The monoisotopic (exact) mass is 441 g/mol. The molecule has 2 aliphatic heterocycles. The van der Waals surface area contributed by atoms with Crippen LogP contribution in [0.25, 0.3) is 0 Å². The summed E-state index contributed by atoms with van der Waals surface area (Å²) in [4.78, 5) is 25.5. The molecule has 2 heterocycles. The molecule has 176 valence electrons. The van der Waals surface area contributed by atoms with E-state index in [2.05, 4.69) is 18.5 Å².